The molecule has 1 aromatic heterocycles. The van der Waals surface area contributed by atoms with Gasteiger partial charge in [-0.3, -0.25) is 10.1 Å². The quantitative estimate of drug-likeness (QED) is 0.349. The van der Waals surface area contributed by atoms with Crippen LogP contribution in [0, 0.1) is 10.1 Å². The van der Waals surface area contributed by atoms with Crippen LogP contribution >= 0.6 is 0 Å². The van der Waals surface area contributed by atoms with Crippen LogP contribution in [0.3, 0.4) is 0 Å². The third kappa shape index (κ3) is 5.66. The molecule has 1 unspecified atom stereocenters. The molecule has 1 atom stereocenters. The number of anilines is 1. The van der Waals surface area contributed by atoms with Gasteiger partial charge in [0.05, 0.1) is 11.5 Å². The molecule has 0 aliphatic carbocycles. The molecule has 0 amide bonds. The summed E-state index contributed by atoms with van der Waals surface area (Å²) >= 11 is 0. The molecule has 29 heavy (non-hydrogen) atoms. The van der Waals surface area contributed by atoms with Crippen LogP contribution < -0.4 is 10.2 Å². The number of nitro groups is 1. The van der Waals surface area contributed by atoms with Gasteiger partial charge in [0.15, 0.2) is 5.96 Å². The normalized spacial score (nSPS) is 15.9. The molecule has 1 aliphatic rings. The minimum Gasteiger partial charge on any atom is -0.354 e. The molecule has 8 nitrogen and oxygen atoms in total. The lowest BCUT2D eigenvalue weighted by Gasteiger charge is -2.37. The summed E-state index contributed by atoms with van der Waals surface area (Å²) in [7, 11) is 0. The highest BCUT2D eigenvalue weighted by molar-refractivity contribution is 5.80. The molecule has 0 saturated carbocycles. The van der Waals surface area contributed by atoms with Gasteiger partial charge >= 0.3 is 0 Å². The molecule has 0 bridgehead atoms. The fraction of sp³-hybridized carbons (Fsp3) is 0.429. The van der Waals surface area contributed by atoms with Crippen molar-refractivity contribution in [2.24, 2.45) is 4.99 Å². The zero-order valence-corrected chi connectivity index (χ0v) is 17.0. The van der Waals surface area contributed by atoms with Crippen LogP contribution in [-0.4, -0.2) is 53.0 Å². The Morgan fingerprint density at radius 3 is 2.52 bits per heavy atom. The lowest BCUT2D eigenvalue weighted by atomic mass is 10.2. The molecule has 0 spiro atoms. The van der Waals surface area contributed by atoms with Crippen LogP contribution in [0.15, 0.2) is 53.7 Å². The van der Waals surface area contributed by atoms with Crippen molar-refractivity contribution in [2.75, 3.05) is 31.1 Å². The monoisotopic (exact) mass is 396 g/mol. The van der Waals surface area contributed by atoms with Crippen LogP contribution in [0.2, 0.25) is 0 Å². The number of benzene rings is 1. The lowest BCUT2D eigenvalue weighted by Crippen LogP contribution is -2.54. The van der Waals surface area contributed by atoms with Crippen LogP contribution in [0.5, 0.6) is 0 Å². The van der Waals surface area contributed by atoms with Crippen molar-refractivity contribution in [3.05, 3.63) is 64.3 Å². The standard InChI is InChI=1S/C21H28N6O2/c1-3-17(2)24-21(23-16-18-7-9-19(10-8-18)27(28)29)26-14-12-25(13-15-26)20-6-4-5-11-22-20/h4-11,17H,3,12-16H2,1-2H3,(H,23,24). The molecule has 1 aromatic carbocycles. The summed E-state index contributed by atoms with van der Waals surface area (Å²) < 4.78 is 0. The minimum absolute atomic E-state index is 0.0985. The van der Waals surface area contributed by atoms with Crippen LogP contribution in [0.4, 0.5) is 11.5 Å². The predicted molar refractivity (Wildman–Crippen MR) is 115 cm³/mol. The number of guanidine groups is 1. The van der Waals surface area contributed by atoms with Gasteiger partial charge in [0, 0.05) is 50.6 Å². The molecule has 2 heterocycles. The van der Waals surface area contributed by atoms with E-state index in [0.717, 1.165) is 49.9 Å². The Labute approximate surface area is 171 Å². The van der Waals surface area contributed by atoms with Crippen molar-refractivity contribution in [3.8, 4) is 0 Å². The Hall–Kier alpha value is -3.16. The average Bonchev–Trinajstić information content (AvgIpc) is 2.77. The fourth-order valence-corrected chi connectivity index (χ4v) is 3.14. The first-order chi connectivity index (χ1) is 14.1. The van der Waals surface area contributed by atoms with E-state index in [2.05, 4.69) is 33.9 Å². The number of piperazine rings is 1. The van der Waals surface area contributed by atoms with E-state index in [9.17, 15) is 10.1 Å². The molecule has 1 aliphatic heterocycles. The lowest BCUT2D eigenvalue weighted by molar-refractivity contribution is -0.384. The van der Waals surface area contributed by atoms with Crippen molar-refractivity contribution in [1.82, 2.24) is 15.2 Å². The van der Waals surface area contributed by atoms with E-state index in [1.54, 1.807) is 12.1 Å². The maximum Gasteiger partial charge on any atom is 0.269 e. The molecule has 8 heteroatoms. The van der Waals surface area contributed by atoms with Gasteiger partial charge in [-0.15, -0.1) is 0 Å². The van der Waals surface area contributed by atoms with Gasteiger partial charge in [0.1, 0.15) is 5.82 Å². The van der Waals surface area contributed by atoms with Gasteiger partial charge in [-0.1, -0.05) is 25.1 Å². The highest BCUT2D eigenvalue weighted by Crippen LogP contribution is 2.15. The Bertz CT molecular complexity index is 817. The molecular weight excluding hydrogens is 368 g/mol. The Morgan fingerprint density at radius 1 is 1.21 bits per heavy atom. The number of aromatic nitrogens is 1. The summed E-state index contributed by atoms with van der Waals surface area (Å²) in [6.07, 6.45) is 2.83. The van der Waals surface area contributed by atoms with Crippen LogP contribution in [0.25, 0.3) is 0 Å². The molecule has 3 rings (SSSR count). The van der Waals surface area contributed by atoms with Crippen molar-refractivity contribution >= 4 is 17.5 Å². The SMILES string of the molecule is CCC(C)NC(=NCc1ccc([N+](=O)[O-])cc1)N1CCN(c2ccccn2)CC1. The number of aliphatic imine (C=N–C) groups is 1. The van der Waals surface area contributed by atoms with Gasteiger partial charge < -0.3 is 15.1 Å². The third-order valence-corrected chi connectivity index (χ3v) is 5.10. The Balaban J connectivity index is 1.66. The summed E-state index contributed by atoms with van der Waals surface area (Å²) in [5.41, 5.74) is 1.05. The predicted octanol–water partition coefficient (Wildman–Crippen LogP) is 3.06. The molecular formula is C21H28N6O2. The second-order valence-corrected chi connectivity index (χ2v) is 7.18. The summed E-state index contributed by atoms with van der Waals surface area (Å²) in [5, 5.41) is 14.3. The number of hydrogen-bond donors (Lipinski definition) is 1. The number of pyridine rings is 1. The largest absolute Gasteiger partial charge is 0.354 e. The first-order valence-electron chi connectivity index (χ1n) is 10.0. The molecule has 154 valence electrons. The maximum atomic E-state index is 10.8. The van der Waals surface area contributed by atoms with E-state index >= 15 is 0 Å². The van der Waals surface area contributed by atoms with E-state index in [4.69, 9.17) is 4.99 Å². The van der Waals surface area contributed by atoms with E-state index in [1.165, 1.54) is 12.1 Å². The summed E-state index contributed by atoms with van der Waals surface area (Å²) in [6, 6.07) is 12.9. The summed E-state index contributed by atoms with van der Waals surface area (Å²) in [6.45, 7) is 8.26. The number of rotatable bonds is 6. The topological polar surface area (TPSA) is 86.9 Å². The van der Waals surface area contributed by atoms with Gasteiger partial charge in [-0.05, 0) is 31.0 Å². The molecule has 0 radical (unpaired) electrons. The van der Waals surface area contributed by atoms with E-state index in [1.807, 2.05) is 24.4 Å². The summed E-state index contributed by atoms with van der Waals surface area (Å²) in [5.74, 6) is 1.89. The van der Waals surface area contributed by atoms with Gasteiger partial charge in [0.25, 0.3) is 5.69 Å². The highest BCUT2D eigenvalue weighted by Gasteiger charge is 2.21. The van der Waals surface area contributed by atoms with Gasteiger partial charge in [-0.25, -0.2) is 9.98 Å². The smallest absolute Gasteiger partial charge is 0.269 e. The summed E-state index contributed by atoms with van der Waals surface area (Å²) in [4.78, 5) is 24.2. The fourth-order valence-electron chi connectivity index (χ4n) is 3.14. The van der Waals surface area contributed by atoms with Gasteiger partial charge in [-0.2, -0.15) is 0 Å². The number of hydrogen-bond acceptors (Lipinski definition) is 5. The second kappa shape index (κ2) is 9.86. The first-order valence-corrected chi connectivity index (χ1v) is 10.0. The average molecular weight is 396 g/mol. The van der Waals surface area contributed by atoms with E-state index in [0.29, 0.717) is 12.6 Å². The molecule has 1 N–H and O–H groups in total. The number of non-ortho nitro benzene ring substituents is 1. The number of nitro benzene ring substituents is 1. The Kier molecular flexibility index (Phi) is 6.99. The van der Waals surface area contributed by atoms with Crippen molar-refractivity contribution in [2.45, 2.75) is 32.9 Å². The third-order valence-electron chi connectivity index (χ3n) is 5.10. The van der Waals surface area contributed by atoms with Crippen LogP contribution in [-0.2, 0) is 6.54 Å². The highest BCUT2D eigenvalue weighted by atomic mass is 16.6. The molecule has 2 aromatic rings. The minimum atomic E-state index is -0.385. The second-order valence-electron chi connectivity index (χ2n) is 7.18. The molecule has 1 fully saturated rings. The Morgan fingerprint density at radius 2 is 1.93 bits per heavy atom. The van der Waals surface area contributed by atoms with Crippen molar-refractivity contribution < 1.29 is 4.92 Å². The maximum absolute atomic E-state index is 10.8. The number of nitrogens with one attached hydrogen (secondary N) is 1. The van der Waals surface area contributed by atoms with Gasteiger partial charge in [0.2, 0.25) is 0 Å². The van der Waals surface area contributed by atoms with E-state index < -0.39 is 0 Å². The first kappa shape index (κ1) is 20.6. The molecule has 1 saturated heterocycles. The van der Waals surface area contributed by atoms with Crippen molar-refractivity contribution in [3.63, 3.8) is 0 Å². The number of nitrogens with zero attached hydrogens (tertiary/aromatic N) is 5. The zero-order chi connectivity index (χ0) is 20.6. The van der Waals surface area contributed by atoms with E-state index in [-0.39, 0.29) is 10.6 Å². The zero-order valence-electron chi connectivity index (χ0n) is 17.0. The van der Waals surface area contributed by atoms with Crippen molar-refractivity contribution in [1.29, 1.82) is 0 Å². The van der Waals surface area contributed by atoms with Crippen LogP contribution in [0.1, 0.15) is 25.8 Å².